The van der Waals surface area contributed by atoms with E-state index in [1.54, 1.807) is 31.2 Å². The molecule has 112 valence electrons. The number of nitro benzene ring substituents is 1. The van der Waals surface area contributed by atoms with E-state index < -0.39 is 10.8 Å². The van der Waals surface area contributed by atoms with Crippen molar-refractivity contribution in [2.24, 2.45) is 5.10 Å². The SMILES string of the molecule is C/C(=N\NC(=O)c1ccc([N+](=O)[O-])cc1)c1ccc(Cl)cc1. The zero-order chi connectivity index (χ0) is 16.1. The van der Waals surface area contributed by atoms with Gasteiger partial charge in [0.05, 0.1) is 10.6 Å². The number of nitrogens with zero attached hydrogens (tertiary/aromatic N) is 2. The Labute approximate surface area is 131 Å². The number of hydrogen-bond acceptors (Lipinski definition) is 4. The molecule has 7 heteroatoms. The first-order valence-electron chi connectivity index (χ1n) is 6.32. The third kappa shape index (κ3) is 3.89. The molecule has 0 aromatic heterocycles. The Morgan fingerprint density at radius 2 is 1.64 bits per heavy atom. The second-order valence-corrected chi connectivity index (χ2v) is 4.89. The average molecular weight is 318 g/mol. The summed E-state index contributed by atoms with van der Waals surface area (Å²) in [6, 6.07) is 12.3. The van der Waals surface area contributed by atoms with Crippen LogP contribution >= 0.6 is 11.6 Å². The second-order valence-electron chi connectivity index (χ2n) is 4.45. The molecular formula is C15H12ClN3O3. The Kier molecular flexibility index (Phi) is 4.85. The van der Waals surface area contributed by atoms with Gasteiger partial charge in [-0.25, -0.2) is 5.43 Å². The summed E-state index contributed by atoms with van der Waals surface area (Å²) in [7, 11) is 0. The molecule has 2 aromatic carbocycles. The smallest absolute Gasteiger partial charge is 0.267 e. The van der Waals surface area contributed by atoms with Crippen LogP contribution in [0.1, 0.15) is 22.8 Å². The van der Waals surface area contributed by atoms with Gasteiger partial charge < -0.3 is 0 Å². The standard InChI is InChI=1S/C15H12ClN3O3/c1-10(11-2-6-13(16)7-3-11)17-18-15(20)12-4-8-14(9-5-12)19(21)22/h2-9H,1H3,(H,18,20)/b17-10+. The first-order chi connectivity index (χ1) is 10.5. The molecule has 1 N–H and O–H groups in total. The van der Waals surface area contributed by atoms with Gasteiger partial charge >= 0.3 is 0 Å². The van der Waals surface area contributed by atoms with Gasteiger partial charge in [-0.1, -0.05) is 23.7 Å². The minimum Gasteiger partial charge on any atom is -0.267 e. The fourth-order valence-corrected chi connectivity index (χ4v) is 1.82. The van der Waals surface area contributed by atoms with E-state index in [0.29, 0.717) is 16.3 Å². The van der Waals surface area contributed by atoms with E-state index >= 15 is 0 Å². The van der Waals surface area contributed by atoms with Crippen molar-refractivity contribution in [1.82, 2.24) is 5.43 Å². The monoisotopic (exact) mass is 317 g/mol. The molecule has 2 aromatic rings. The molecule has 0 spiro atoms. The van der Waals surface area contributed by atoms with Crippen LogP contribution in [0.5, 0.6) is 0 Å². The highest BCUT2D eigenvalue weighted by atomic mass is 35.5. The van der Waals surface area contributed by atoms with E-state index in [2.05, 4.69) is 10.5 Å². The van der Waals surface area contributed by atoms with Crippen molar-refractivity contribution < 1.29 is 9.72 Å². The van der Waals surface area contributed by atoms with E-state index in [1.807, 2.05) is 0 Å². The maximum atomic E-state index is 11.9. The number of halogens is 1. The summed E-state index contributed by atoms with van der Waals surface area (Å²) in [4.78, 5) is 21.9. The maximum Gasteiger partial charge on any atom is 0.271 e. The molecule has 0 unspecified atom stereocenters. The van der Waals surface area contributed by atoms with Crippen LogP contribution in [0.4, 0.5) is 5.69 Å². The van der Waals surface area contributed by atoms with Crippen molar-refractivity contribution in [2.75, 3.05) is 0 Å². The molecule has 1 amide bonds. The molecule has 0 saturated heterocycles. The van der Waals surface area contributed by atoms with Crippen LogP contribution in [0.2, 0.25) is 5.02 Å². The Balaban J connectivity index is 2.06. The molecule has 0 aliphatic rings. The van der Waals surface area contributed by atoms with Crippen molar-refractivity contribution in [1.29, 1.82) is 0 Å². The second kappa shape index (κ2) is 6.82. The normalized spacial score (nSPS) is 11.1. The molecule has 0 fully saturated rings. The van der Waals surface area contributed by atoms with Gasteiger partial charge in [0.2, 0.25) is 0 Å². The Bertz CT molecular complexity index is 725. The first kappa shape index (κ1) is 15.7. The van der Waals surface area contributed by atoms with E-state index in [9.17, 15) is 14.9 Å². The number of hydrogen-bond donors (Lipinski definition) is 1. The van der Waals surface area contributed by atoms with Gasteiger partial charge in [0.1, 0.15) is 0 Å². The zero-order valence-electron chi connectivity index (χ0n) is 11.6. The van der Waals surface area contributed by atoms with Gasteiger partial charge in [-0.2, -0.15) is 5.10 Å². The lowest BCUT2D eigenvalue weighted by Gasteiger charge is -2.03. The van der Waals surface area contributed by atoms with Crippen LogP contribution in [-0.4, -0.2) is 16.5 Å². The van der Waals surface area contributed by atoms with Gasteiger partial charge in [-0.15, -0.1) is 0 Å². The van der Waals surface area contributed by atoms with E-state index in [-0.39, 0.29) is 5.69 Å². The molecule has 0 atom stereocenters. The zero-order valence-corrected chi connectivity index (χ0v) is 12.4. The summed E-state index contributed by atoms with van der Waals surface area (Å²) in [6.45, 7) is 1.75. The maximum absolute atomic E-state index is 11.9. The third-order valence-corrected chi connectivity index (χ3v) is 3.18. The number of benzene rings is 2. The predicted molar refractivity (Wildman–Crippen MR) is 84.2 cm³/mol. The molecule has 0 aliphatic carbocycles. The Morgan fingerprint density at radius 1 is 1.09 bits per heavy atom. The number of rotatable bonds is 4. The van der Waals surface area contributed by atoms with Gasteiger partial charge in [-0.3, -0.25) is 14.9 Å². The van der Waals surface area contributed by atoms with E-state index in [4.69, 9.17) is 11.6 Å². The fraction of sp³-hybridized carbons (Fsp3) is 0.0667. The van der Waals surface area contributed by atoms with Crippen LogP contribution in [0.25, 0.3) is 0 Å². The van der Waals surface area contributed by atoms with Crippen LogP contribution in [0, 0.1) is 10.1 Å². The Morgan fingerprint density at radius 3 is 2.18 bits per heavy atom. The van der Waals surface area contributed by atoms with Crippen molar-refractivity contribution in [3.8, 4) is 0 Å². The summed E-state index contributed by atoms with van der Waals surface area (Å²) in [6.07, 6.45) is 0. The first-order valence-corrected chi connectivity index (χ1v) is 6.70. The number of non-ortho nitro benzene ring substituents is 1. The van der Waals surface area contributed by atoms with Crippen molar-refractivity contribution in [2.45, 2.75) is 6.92 Å². The van der Waals surface area contributed by atoms with Crippen LogP contribution < -0.4 is 5.43 Å². The predicted octanol–water partition coefficient (Wildman–Crippen LogP) is 3.40. The van der Waals surface area contributed by atoms with Crippen LogP contribution in [0.15, 0.2) is 53.6 Å². The van der Waals surface area contributed by atoms with E-state index in [1.165, 1.54) is 24.3 Å². The Hall–Kier alpha value is -2.73. The highest BCUT2D eigenvalue weighted by Crippen LogP contribution is 2.12. The fourth-order valence-electron chi connectivity index (χ4n) is 1.69. The van der Waals surface area contributed by atoms with Gasteiger partial charge in [0.25, 0.3) is 11.6 Å². The summed E-state index contributed by atoms with van der Waals surface area (Å²) < 4.78 is 0. The van der Waals surface area contributed by atoms with Crippen molar-refractivity contribution in [3.05, 3.63) is 74.8 Å². The number of amides is 1. The minimum absolute atomic E-state index is 0.0719. The van der Waals surface area contributed by atoms with Crippen LogP contribution in [0.3, 0.4) is 0 Å². The average Bonchev–Trinajstić information content (AvgIpc) is 2.53. The molecule has 0 aliphatic heterocycles. The van der Waals surface area contributed by atoms with Crippen molar-refractivity contribution in [3.63, 3.8) is 0 Å². The molecular weight excluding hydrogens is 306 g/mol. The summed E-state index contributed by atoms with van der Waals surface area (Å²) in [5, 5.41) is 15.2. The number of carbonyl (C=O) groups is 1. The quantitative estimate of drug-likeness (QED) is 0.533. The number of hydrazone groups is 1. The minimum atomic E-state index is -0.523. The van der Waals surface area contributed by atoms with Crippen LogP contribution in [-0.2, 0) is 0 Å². The lowest BCUT2D eigenvalue weighted by molar-refractivity contribution is -0.384. The molecule has 0 saturated carbocycles. The van der Waals surface area contributed by atoms with E-state index in [0.717, 1.165) is 5.56 Å². The number of nitrogens with one attached hydrogen (secondary N) is 1. The lowest BCUT2D eigenvalue weighted by Crippen LogP contribution is -2.19. The largest absolute Gasteiger partial charge is 0.271 e. The summed E-state index contributed by atoms with van der Waals surface area (Å²) in [5.74, 6) is -0.441. The highest BCUT2D eigenvalue weighted by Gasteiger charge is 2.09. The molecule has 0 bridgehead atoms. The molecule has 6 nitrogen and oxygen atoms in total. The number of carbonyl (C=O) groups excluding carboxylic acids is 1. The summed E-state index contributed by atoms with van der Waals surface area (Å²) in [5.41, 5.74) is 4.07. The molecule has 2 rings (SSSR count). The topological polar surface area (TPSA) is 84.6 Å². The molecule has 22 heavy (non-hydrogen) atoms. The summed E-state index contributed by atoms with van der Waals surface area (Å²) >= 11 is 5.80. The number of nitro groups is 1. The van der Waals surface area contributed by atoms with Gasteiger partial charge in [0.15, 0.2) is 0 Å². The van der Waals surface area contributed by atoms with Gasteiger partial charge in [-0.05, 0) is 36.8 Å². The third-order valence-electron chi connectivity index (χ3n) is 2.93. The van der Waals surface area contributed by atoms with Crippen molar-refractivity contribution >= 4 is 28.9 Å². The molecule has 0 radical (unpaired) electrons. The van der Waals surface area contributed by atoms with Gasteiger partial charge in [0, 0.05) is 22.7 Å². The molecule has 0 heterocycles. The highest BCUT2D eigenvalue weighted by molar-refractivity contribution is 6.30. The lowest BCUT2D eigenvalue weighted by atomic mass is 10.1.